The summed E-state index contributed by atoms with van der Waals surface area (Å²) < 4.78 is 10.7. The summed E-state index contributed by atoms with van der Waals surface area (Å²) in [5.74, 6) is 1.72. The maximum atomic E-state index is 8.71. The van der Waals surface area contributed by atoms with Crippen molar-refractivity contribution in [3.63, 3.8) is 0 Å². The number of aliphatic hydroxyl groups is 1. The van der Waals surface area contributed by atoms with Crippen LogP contribution in [0.25, 0.3) is 0 Å². The molecule has 0 aliphatic carbocycles. The van der Waals surface area contributed by atoms with Crippen LogP contribution in [-0.2, 0) is 13.0 Å². The number of benzene rings is 2. The van der Waals surface area contributed by atoms with E-state index in [1.54, 1.807) is 7.11 Å². The van der Waals surface area contributed by atoms with E-state index in [-0.39, 0.29) is 19.0 Å². The quantitative estimate of drug-likeness (QED) is 0.691. The van der Waals surface area contributed by atoms with E-state index in [4.69, 9.17) is 14.6 Å². The summed E-state index contributed by atoms with van der Waals surface area (Å²) in [5, 5.41) is 12.1. The van der Waals surface area contributed by atoms with Crippen LogP contribution in [0.5, 0.6) is 11.5 Å². The molecule has 5 heteroatoms. The monoisotopic (exact) mass is 337 g/mol. The minimum atomic E-state index is 0. The molecule has 2 rings (SSSR count). The number of para-hydroxylation sites is 1. The Bertz CT molecular complexity index is 560. The minimum Gasteiger partial charge on any atom is -0.496 e. The third-order valence-electron chi connectivity index (χ3n) is 3.38. The van der Waals surface area contributed by atoms with Crippen LogP contribution < -0.4 is 14.8 Å². The first-order chi connectivity index (χ1) is 10.8. The van der Waals surface area contributed by atoms with Crippen LogP contribution in [0.1, 0.15) is 11.1 Å². The SMILES string of the molecule is COc1ccccc1CCNCc1ccc(OCCO)cc1.Cl. The molecule has 0 aliphatic heterocycles. The molecule has 0 unspecified atom stereocenters. The predicted molar refractivity (Wildman–Crippen MR) is 94.7 cm³/mol. The number of rotatable bonds is 9. The Morgan fingerprint density at radius 1 is 1.04 bits per heavy atom. The maximum Gasteiger partial charge on any atom is 0.122 e. The van der Waals surface area contributed by atoms with Crippen LogP contribution in [0, 0.1) is 0 Å². The van der Waals surface area contributed by atoms with Gasteiger partial charge in [0, 0.05) is 6.54 Å². The fourth-order valence-electron chi connectivity index (χ4n) is 2.23. The van der Waals surface area contributed by atoms with Gasteiger partial charge >= 0.3 is 0 Å². The molecule has 0 spiro atoms. The highest BCUT2D eigenvalue weighted by molar-refractivity contribution is 5.85. The fourth-order valence-corrected chi connectivity index (χ4v) is 2.23. The lowest BCUT2D eigenvalue weighted by Gasteiger charge is -2.09. The molecule has 2 aromatic rings. The Morgan fingerprint density at radius 3 is 2.48 bits per heavy atom. The number of hydrogen-bond donors (Lipinski definition) is 2. The summed E-state index contributed by atoms with van der Waals surface area (Å²) in [6, 6.07) is 16.0. The van der Waals surface area contributed by atoms with Gasteiger partial charge in [0.2, 0.25) is 0 Å². The van der Waals surface area contributed by atoms with Crippen molar-refractivity contribution < 1.29 is 14.6 Å². The number of halogens is 1. The first kappa shape index (κ1) is 19.3. The van der Waals surface area contributed by atoms with Crippen molar-refractivity contribution in [2.45, 2.75) is 13.0 Å². The predicted octanol–water partition coefficient (Wildman–Crippen LogP) is 2.82. The molecule has 2 aromatic carbocycles. The lowest BCUT2D eigenvalue weighted by molar-refractivity contribution is 0.201. The van der Waals surface area contributed by atoms with Gasteiger partial charge in [0.1, 0.15) is 18.1 Å². The molecule has 0 saturated heterocycles. The summed E-state index contributed by atoms with van der Waals surface area (Å²) >= 11 is 0. The van der Waals surface area contributed by atoms with Crippen LogP contribution in [0.15, 0.2) is 48.5 Å². The van der Waals surface area contributed by atoms with Gasteiger partial charge in [0.05, 0.1) is 13.7 Å². The van der Waals surface area contributed by atoms with E-state index in [1.807, 2.05) is 42.5 Å². The van der Waals surface area contributed by atoms with Gasteiger partial charge in [-0.1, -0.05) is 30.3 Å². The van der Waals surface area contributed by atoms with E-state index in [2.05, 4.69) is 11.4 Å². The molecule has 2 N–H and O–H groups in total. The number of methoxy groups -OCH3 is 1. The largest absolute Gasteiger partial charge is 0.496 e. The smallest absolute Gasteiger partial charge is 0.122 e. The standard InChI is InChI=1S/C18H23NO3.ClH/c1-21-18-5-3-2-4-16(18)10-11-19-14-15-6-8-17(9-7-15)22-13-12-20;/h2-9,19-20H,10-14H2,1H3;1H. The van der Waals surface area contributed by atoms with Gasteiger partial charge in [-0.15, -0.1) is 12.4 Å². The van der Waals surface area contributed by atoms with E-state index in [1.165, 1.54) is 11.1 Å². The molecular weight excluding hydrogens is 314 g/mol. The summed E-state index contributed by atoms with van der Waals surface area (Å²) in [6.07, 6.45) is 0.932. The van der Waals surface area contributed by atoms with E-state index in [9.17, 15) is 0 Å². The highest BCUT2D eigenvalue weighted by Gasteiger charge is 2.01. The molecule has 0 fully saturated rings. The lowest BCUT2D eigenvalue weighted by Crippen LogP contribution is -2.16. The molecule has 0 aromatic heterocycles. The summed E-state index contributed by atoms with van der Waals surface area (Å²) in [7, 11) is 1.70. The number of nitrogens with one attached hydrogen (secondary N) is 1. The molecule has 23 heavy (non-hydrogen) atoms. The molecule has 0 heterocycles. The zero-order valence-corrected chi connectivity index (χ0v) is 14.1. The van der Waals surface area contributed by atoms with Gasteiger partial charge in [0.25, 0.3) is 0 Å². The van der Waals surface area contributed by atoms with Gasteiger partial charge in [0.15, 0.2) is 0 Å². The summed E-state index contributed by atoms with van der Waals surface area (Å²) in [6.45, 7) is 2.07. The number of aliphatic hydroxyl groups excluding tert-OH is 1. The van der Waals surface area contributed by atoms with Crippen molar-refractivity contribution in [3.05, 3.63) is 59.7 Å². The van der Waals surface area contributed by atoms with Gasteiger partial charge in [-0.2, -0.15) is 0 Å². The second-order valence-electron chi connectivity index (χ2n) is 4.95. The highest BCUT2D eigenvalue weighted by atomic mass is 35.5. The van der Waals surface area contributed by atoms with Crippen LogP contribution in [0.3, 0.4) is 0 Å². The summed E-state index contributed by atoms with van der Waals surface area (Å²) in [4.78, 5) is 0. The van der Waals surface area contributed by atoms with E-state index < -0.39 is 0 Å². The molecule has 0 aliphatic rings. The Labute approximate surface area is 143 Å². The molecule has 0 bridgehead atoms. The van der Waals surface area contributed by atoms with E-state index in [0.29, 0.717) is 6.61 Å². The first-order valence-electron chi connectivity index (χ1n) is 7.48. The molecule has 0 saturated carbocycles. The lowest BCUT2D eigenvalue weighted by atomic mass is 10.1. The van der Waals surface area contributed by atoms with E-state index >= 15 is 0 Å². The van der Waals surface area contributed by atoms with Crippen molar-refractivity contribution in [1.82, 2.24) is 5.32 Å². The highest BCUT2D eigenvalue weighted by Crippen LogP contribution is 2.17. The number of hydrogen-bond acceptors (Lipinski definition) is 4. The van der Waals surface area contributed by atoms with Crippen molar-refractivity contribution in [2.75, 3.05) is 26.9 Å². The average Bonchev–Trinajstić information content (AvgIpc) is 2.58. The van der Waals surface area contributed by atoms with Crippen molar-refractivity contribution in [1.29, 1.82) is 0 Å². The Balaban J connectivity index is 0.00000264. The fraction of sp³-hybridized carbons (Fsp3) is 0.333. The molecule has 126 valence electrons. The molecule has 0 atom stereocenters. The average molecular weight is 338 g/mol. The first-order valence-corrected chi connectivity index (χ1v) is 7.48. The van der Waals surface area contributed by atoms with Crippen molar-refractivity contribution in [2.24, 2.45) is 0 Å². The molecule has 4 nitrogen and oxygen atoms in total. The zero-order valence-electron chi connectivity index (χ0n) is 13.3. The Hall–Kier alpha value is -1.75. The van der Waals surface area contributed by atoms with Gasteiger partial charge < -0.3 is 19.9 Å². The van der Waals surface area contributed by atoms with Crippen molar-refractivity contribution >= 4 is 12.4 Å². The van der Waals surface area contributed by atoms with Crippen LogP contribution >= 0.6 is 12.4 Å². The van der Waals surface area contributed by atoms with Gasteiger partial charge in [-0.3, -0.25) is 0 Å². The van der Waals surface area contributed by atoms with Crippen LogP contribution in [-0.4, -0.2) is 32.0 Å². The Kier molecular flexibility index (Phi) is 9.14. The van der Waals surface area contributed by atoms with Crippen molar-refractivity contribution in [3.8, 4) is 11.5 Å². The minimum absolute atomic E-state index is 0. The molecular formula is C18H24ClNO3. The van der Waals surface area contributed by atoms with Gasteiger partial charge in [-0.05, 0) is 42.3 Å². The van der Waals surface area contributed by atoms with Crippen LogP contribution in [0.4, 0.5) is 0 Å². The maximum absolute atomic E-state index is 8.71. The van der Waals surface area contributed by atoms with Gasteiger partial charge in [-0.25, -0.2) is 0 Å². The second-order valence-corrected chi connectivity index (χ2v) is 4.95. The second kappa shape index (κ2) is 10.9. The molecule has 0 radical (unpaired) electrons. The zero-order chi connectivity index (χ0) is 15.6. The summed E-state index contributed by atoms with van der Waals surface area (Å²) in [5.41, 5.74) is 2.42. The third-order valence-corrected chi connectivity index (χ3v) is 3.38. The topological polar surface area (TPSA) is 50.7 Å². The number of ether oxygens (including phenoxy) is 2. The molecule has 0 amide bonds. The van der Waals surface area contributed by atoms with Crippen LogP contribution in [0.2, 0.25) is 0 Å². The van der Waals surface area contributed by atoms with E-state index in [0.717, 1.165) is 31.0 Å². The Morgan fingerprint density at radius 2 is 1.78 bits per heavy atom. The third kappa shape index (κ3) is 6.48. The normalized spacial score (nSPS) is 10.0.